The molecule has 0 bridgehead atoms. The van der Waals surface area contributed by atoms with Gasteiger partial charge in [0.25, 0.3) is 5.91 Å². The van der Waals surface area contributed by atoms with Crippen LogP contribution in [-0.4, -0.2) is 50.5 Å². The number of rotatable bonds is 6. The average molecular weight is 371 g/mol. The number of likely N-dealkylation sites (N-methyl/N-ethyl adjacent to an activating group) is 1. The maximum Gasteiger partial charge on any atom is 0.265 e. The number of benzene rings is 2. The van der Waals surface area contributed by atoms with Crippen molar-refractivity contribution in [1.82, 2.24) is 10.2 Å². The van der Waals surface area contributed by atoms with Crippen molar-refractivity contribution >= 4 is 17.5 Å². The lowest BCUT2D eigenvalue weighted by atomic mass is 10.1. The number of amides is 2. The molecule has 1 aliphatic heterocycles. The Labute approximate surface area is 157 Å². The first kappa shape index (κ1) is 18.8. The number of hydrogen-bond acceptors (Lipinski definition) is 4. The van der Waals surface area contributed by atoms with E-state index in [0.29, 0.717) is 18.0 Å². The van der Waals surface area contributed by atoms with Gasteiger partial charge < -0.3 is 15.0 Å². The maximum absolute atomic E-state index is 13.5. The summed E-state index contributed by atoms with van der Waals surface area (Å²) in [6.07, 6.45) is 0. The first-order valence-corrected chi connectivity index (χ1v) is 8.66. The first-order chi connectivity index (χ1) is 13.0. The molecule has 2 aromatic carbocycles. The lowest BCUT2D eigenvalue weighted by Crippen LogP contribution is -2.46. The number of ether oxygens (including phenoxy) is 1. The molecule has 1 heterocycles. The van der Waals surface area contributed by atoms with Crippen molar-refractivity contribution in [3.05, 3.63) is 59.9 Å². The molecule has 3 rings (SSSR count). The Balaban J connectivity index is 1.66. The van der Waals surface area contributed by atoms with Crippen LogP contribution in [0.25, 0.3) is 0 Å². The minimum absolute atomic E-state index is 0.0894. The van der Waals surface area contributed by atoms with Gasteiger partial charge in [0.1, 0.15) is 18.1 Å². The van der Waals surface area contributed by atoms with Gasteiger partial charge in [0.15, 0.2) is 6.61 Å². The normalized spacial score (nSPS) is 14.5. The van der Waals surface area contributed by atoms with Gasteiger partial charge in [0.2, 0.25) is 5.91 Å². The molecule has 2 aromatic rings. The summed E-state index contributed by atoms with van der Waals surface area (Å²) in [5, 5.41) is 2.84. The predicted molar refractivity (Wildman–Crippen MR) is 100 cm³/mol. The summed E-state index contributed by atoms with van der Waals surface area (Å²) in [5.74, 6) is -0.293. The number of halogens is 1. The summed E-state index contributed by atoms with van der Waals surface area (Å²) < 4.78 is 18.9. The van der Waals surface area contributed by atoms with Crippen molar-refractivity contribution in [1.29, 1.82) is 0 Å². The molecule has 0 fully saturated rings. The molecule has 1 atom stereocenters. The molecule has 1 aliphatic rings. The molecule has 1 N–H and O–H groups in total. The van der Waals surface area contributed by atoms with Gasteiger partial charge in [-0.25, -0.2) is 4.39 Å². The molecule has 27 heavy (non-hydrogen) atoms. The van der Waals surface area contributed by atoms with E-state index in [1.54, 1.807) is 24.3 Å². The maximum atomic E-state index is 13.5. The van der Waals surface area contributed by atoms with Crippen LogP contribution in [0.15, 0.2) is 48.5 Å². The molecule has 0 spiro atoms. The van der Waals surface area contributed by atoms with Crippen molar-refractivity contribution < 1.29 is 18.7 Å². The second kappa shape index (κ2) is 8.18. The largest absolute Gasteiger partial charge is 0.482 e. The fraction of sp³-hybridized carbons (Fsp3) is 0.300. The molecule has 0 aliphatic carbocycles. The SMILES string of the molecule is CN(C)C(CNC(=O)CN1C(=O)COc2ccccc21)c1cccc(F)c1. The molecule has 6 nitrogen and oxygen atoms in total. The second-order valence-electron chi connectivity index (χ2n) is 6.57. The topological polar surface area (TPSA) is 61.9 Å². The zero-order valence-electron chi connectivity index (χ0n) is 15.3. The fourth-order valence-electron chi connectivity index (χ4n) is 3.05. The highest BCUT2D eigenvalue weighted by atomic mass is 19.1. The van der Waals surface area contributed by atoms with E-state index in [4.69, 9.17) is 4.74 Å². The molecule has 0 saturated heterocycles. The van der Waals surface area contributed by atoms with E-state index in [1.165, 1.54) is 17.0 Å². The van der Waals surface area contributed by atoms with Crippen molar-refractivity contribution in [3.8, 4) is 5.75 Å². The van der Waals surface area contributed by atoms with Gasteiger partial charge in [-0.05, 0) is 43.9 Å². The average Bonchev–Trinajstić information content (AvgIpc) is 2.64. The summed E-state index contributed by atoms with van der Waals surface area (Å²) in [6, 6.07) is 13.2. The molecular weight excluding hydrogens is 349 g/mol. The van der Waals surface area contributed by atoms with Crippen molar-refractivity contribution in [2.45, 2.75) is 6.04 Å². The lowest BCUT2D eigenvalue weighted by Gasteiger charge is -2.29. The summed E-state index contributed by atoms with van der Waals surface area (Å²) in [7, 11) is 3.73. The Kier molecular flexibility index (Phi) is 5.71. The van der Waals surface area contributed by atoms with E-state index in [-0.39, 0.29) is 36.8 Å². The smallest absolute Gasteiger partial charge is 0.265 e. The van der Waals surface area contributed by atoms with Crippen molar-refractivity contribution in [2.24, 2.45) is 0 Å². The monoisotopic (exact) mass is 371 g/mol. The van der Waals surface area contributed by atoms with Gasteiger partial charge in [-0.3, -0.25) is 14.5 Å². The van der Waals surface area contributed by atoms with Crippen LogP contribution < -0.4 is 15.0 Å². The minimum Gasteiger partial charge on any atom is -0.482 e. The van der Waals surface area contributed by atoms with Crippen LogP contribution in [0.3, 0.4) is 0 Å². The van der Waals surface area contributed by atoms with Crippen LogP contribution in [0.5, 0.6) is 5.75 Å². The van der Waals surface area contributed by atoms with E-state index in [9.17, 15) is 14.0 Å². The number of carbonyl (C=O) groups is 2. The highest BCUT2D eigenvalue weighted by molar-refractivity contribution is 6.02. The highest BCUT2D eigenvalue weighted by Gasteiger charge is 2.27. The number of hydrogen-bond donors (Lipinski definition) is 1. The standard InChI is InChI=1S/C20H22FN3O3/c1-23(2)17(14-6-5-7-15(21)10-14)11-22-19(25)12-24-16-8-3-4-9-18(16)27-13-20(24)26/h3-10,17H,11-13H2,1-2H3,(H,22,25). The summed E-state index contributed by atoms with van der Waals surface area (Å²) >= 11 is 0. The van der Waals surface area contributed by atoms with Gasteiger partial charge in [0.05, 0.1) is 11.7 Å². The summed E-state index contributed by atoms with van der Waals surface area (Å²) in [6.45, 7) is 0.117. The third kappa shape index (κ3) is 4.43. The lowest BCUT2D eigenvalue weighted by molar-refractivity contribution is -0.125. The van der Waals surface area contributed by atoms with Gasteiger partial charge in [-0.15, -0.1) is 0 Å². The van der Waals surface area contributed by atoms with Gasteiger partial charge in [-0.2, -0.15) is 0 Å². The zero-order chi connectivity index (χ0) is 19.4. The van der Waals surface area contributed by atoms with Crippen LogP contribution in [0, 0.1) is 5.82 Å². The number of fused-ring (bicyclic) bond motifs is 1. The zero-order valence-corrected chi connectivity index (χ0v) is 15.3. The molecule has 2 amide bonds. The predicted octanol–water partition coefficient (Wildman–Crippen LogP) is 1.97. The molecule has 0 aromatic heterocycles. The third-order valence-corrected chi connectivity index (χ3v) is 4.46. The summed E-state index contributed by atoms with van der Waals surface area (Å²) in [4.78, 5) is 27.9. The Bertz CT molecular complexity index is 841. The molecule has 142 valence electrons. The number of nitrogens with zero attached hydrogens (tertiary/aromatic N) is 2. The number of carbonyl (C=O) groups excluding carboxylic acids is 2. The van der Waals surface area contributed by atoms with Crippen molar-refractivity contribution in [2.75, 3.05) is 38.7 Å². The van der Waals surface area contributed by atoms with E-state index in [2.05, 4.69) is 5.32 Å². The molecule has 7 heteroatoms. The second-order valence-corrected chi connectivity index (χ2v) is 6.57. The van der Waals surface area contributed by atoms with Gasteiger partial charge >= 0.3 is 0 Å². The van der Waals surface area contributed by atoms with Crippen molar-refractivity contribution in [3.63, 3.8) is 0 Å². The number of para-hydroxylation sites is 2. The Hall–Kier alpha value is -2.93. The Morgan fingerprint density at radius 2 is 2.04 bits per heavy atom. The Morgan fingerprint density at radius 3 is 2.78 bits per heavy atom. The van der Waals surface area contributed by atoms with Gasteiger partial charge in [0, 0.05) is 6.54 Å². The Morgan fingerprint density at radius 1 is 1.26 bits per heavy atom. The van der Waals surface area contributed by atoms with Crippen LogP contribution in [0.4, 0.5) is 10.1 Å². The van der Waals surface area contributed by atoms with Crippen LogP contribution >= 0.6 is 0 Å². The molecule has 1 unspecified atom stereocenters. The quantitative estimate of drug-likeness (QED) is 0.843. The highest BCUT2D eigenvalue weighted by Crippen LogP contribution is 2.31. The minimum atomic E-state index is -0.318. The van der Waals surface area contributed by atoms with Gasteiger partial charge in [-0.1, -0.05) is 24.3 Å². The summed E-state index contributed by atoms with van der Waals surface area (Å²) in [5.41, 5.74) is 1.35. The third-order valence-electron chi connectivity index (χ3n) is 4.46. The fourth-order valence-corrected chi connectivity index (χ4v) is 3.05. The van der Waals surface area contributed by atoms with Crippen LogP contribution in [0.1, 0.15) is 11.6 Å². The van der Waals surface area contributed by atoms with E-state index < -0.39 is 0 Å². The van der Waals surface area contributed by atoms with Crippen LogP contribution in [0.2, 0.25) is 0 Å². The number of anilines is 1. The van der Waals surface area contributed by atoms with E-state index in [0.717, 1.165) is 5.56 Å². The van der Waals surface area contributed by atoms with Crippen LogP contribution in [-0.2, 0) is 9.59 Å². The first-order valence-electron chi connectivity index (χ1n) is 8.66. The molecular formula is C20H22FN3O3. The van der Waals surface area contributed by atoms with E-state index >= 15 is 0 Å². The molecule has 0 saturated carbocycles. The van der Waals surface area contributed by atoms with E-state index in [1.807, 2.05) is 31.1 Å². The number of nitrogens with one attached hydrogen (secondary N) is 1. The molecule has 0 radical (unpaired) electrons.